The Hall–Kier alpha value is -8.10. The second-order valence-corrected chi connectivity index (χ2v) is 19.6. The Morgan fingerprint density at radius 2 is 1.21 bits per heavy atom. The van der Waals surface area contributed by atoms with Gasteiger partial charge in [-0.2, -0.15) is 9.37 Å². The first-order chi connectivity index (χ1) is 36.5. The van der Waals surface area contributed by atoms with E-state index in [1.807, 2.05) is 76.9 Å². The van der Waals surface area contributed by atoms with Crippen molar-refractivity contribution in [2.45, 2.75) is 90.4 Å². The highest BCUT2D eigenvalue weighted by Crippen LogP contribution is 2.24. The fourth-order valence-corrected chi connectivity index (χ4v) is 7.19. The Morgan fingerprint density at radius 1 is 0.714 bits per heavy atom. The van der Waals surface area contributed by atoms with Gasteiger partial charge in [0.25, 0.3) is 11.8 Å². The van der Waals surface area contributed by atoms with Crippen molar-refractivity contribution in [3.8, 4) is 11.8 Å². The standard InChI is InChI=1S/C18H21N7O3.C9H10ClN5O2.C9H12N2O.C8H15NO3.C6H6FN/c1-10-2-3-15(21-7-10)28-11-8-25(9-11)18-23-13(16(19)26)6-14(24-18)22-12-4-5-20-17(12)27;10-9-14-5(7(11)16)3-6(15-9)13-4-1-2-12-8(4)17;1-7-2-3-9(11-4-7)12-8-5-10-6-8;1-8(2,3)12-7(11)9-4-6(10)5-9;1-5-2-3-6(7)8-4-5/h2-3,6-7,11-12H,4-5,8-9H2,1H3,(H2,19,26)(H,20,27)(H,22,23,24);3-4H,1-2H2,(H2,11,16)(H,12,17)(H,13,14,15);2-4,8,10H,5-6H2,1H3;6,10H,4-5H2,1-3H3;2-4H,1H3. The predicted octanol–water partition coefficient (Wildman–Crippen LogP) is 2.24. The van der Waals surface area contributed by atoms with Crippen molar-refractivity contribution in [2.75, 3.05) is 67.9 Å². The highest BCUT2D eigenvalue weighted by Gasteiger charge is 2.34. The minimum absolute atomic E-state index is 0.00547. The summed E-state index contributed by atoms with van der Waals surface area (Å²) in [6, 6.07) is 12.8. The van der Waals surface area contributed by atoms with Crippen LogP contribution in [0.15, 0.2) is 67.1 Å². The minimum Gasteiger partial charge on any atom is -0.472 e. The molecule has 2 unspecified atom stereocenters. The van der Waals surface area contributed by atoms with Gasteiger partial charge in [-0.05, 0) is 88.7 Å². The van der Waals surface area contributed by atoms with E-state index >= 15 is 0 Å². The average molecular weight is 1090 g/mol. The number of halogens is 2. The van der Waals surface area contributed by atoms with Gasteiger partial charge in [-0.15, -0.1) is 0 Å². The lowest BCUT2D eigenvalue weighted by Gasteiger charge is -2.38. The van der Waals surface area contributed by atoms with Gasteiger partial charge in [0.15, 0.2) is 0 Å². The summed E-state index contributed by atoms with van der Waals surface area (Å²) in [6.45, 7) is 16.3. The van der Waals surface area contributed by atoms with Gasteiger partial charge in [-0.25, -0.2) is 34.7 Å². The van der Waals surface area contributed by atoms with Crippen molar-refractivity contribution in [1.29, 1.82) is 0 Å². The van der Waals surface area contributed by atoms with Crippen molar-refractivity contribution in [1.82, 2.24) is 55.7 Å². The number of nitrogens with zero attached hydrogens (tertiary/aromatic N) is 9. The van der Waals surface area contributed by atoms with Crippen molar-refractivity contribution < 1.29 is 47.7 Å². The number of aryl methyl sites for hydroxylation is 3. The zero-order chi connectivity index (χ0) is 55.8. The fraction of sp³-hybridized carbons (Fsp3) is 0.440. The molecule has 0 aliphatic carbocycles. The van der Waals surface area contributed by atoms with Crippen LogP contribution in [0.1, 0.15) is 71.3 Å². The van der Waals surface area contributed by atoms with Gasteiger partial charge in [-0.1, -0.05) is 18.2 Å². The Labute approximate surface area is 448 Å². The topological polar surface area (TPSA) is 342 Å². The maximum absolute atomic E-state index is 12.0. The summed E-state index contributed by atoms with van der Waals surface area (Å²) in [4.78, 5) is 88.3. The molecule has 5 aromatic heterocycles. The Bertz CT molecular complexity index is 2780. The molecule has 0 bridgehead atoms. The molecule has 5 amide bonds. The number of hydrogen-bond donors (Lipinski definition) is 8. The number of aromatic nitrogens is 7. The van der Waals surface area contributed by atoms with E-state index in [2.05, 4.69) is 61.5 Å². The van der Waals surface area contributed by atoms with E-state index in [1.165, 1.54) is 29.3 Å². The number of nitrogens with one attached hydrogen (secondary N) is 5. The molecule has 10 rings (SSSR count). The lowest BCUT2D eigenvalue weighted by atomic mass is 10.2. The van der Waals surface area contributed by atoms with E-state index in [1.54, 1.807) is 12.3 Å². The number of carbonyl (C=O) groups excluding carboxylic acids is 5. The van der Waals surface area contributed by atoms with Gasteiger partial charge in [0.2, 0.25) is 40.8 Å². The minimum atomic E-state index is -0.701. The number of primary amides is 2. The lowest BCUT2D eigenvalue weighted by Crippen LogP contribution is -2.54. The second-order valence-electron chi connectivity index (χ2n) is 19.2. The molecule has 77 heavy (non-hydrogen) atoms. The molecule has 0 spiro atoms. The van der Waals surface area contributed by atoms with Crippen molar-refractivity contribution in [3.63, 3.8) is 0 Å². The number of carbonyl (C=O) groups is 5. The van der Waals surface area contributed by atoms with E-state index in [4.69, 9.17) is 42.4 Å². The first-order valence-corrected chi connectivity index (χ1v) is 24.9. The number of pyridine rings is 3. The molecule has 10 heterocycles. The van der Waals surface area contributed by atoms with Crippen LogP contribution in [0.2, 0.25) is 5.28 Å². The van der Waals surface area contributed by atoms with Crippen molar-refractivity contribution >= 4 is 58.9 Å². The summed E-state index contributed by atoms with van der Waals surface area (Å²) in [5.74, 6) is 0.386. The molecule has 0 aromatic carbocycles. The van der Waals surface area contributed by atoms with Gasteiger partial charge >= 0.3 is 6.09 Å². The molecule has 5 aliphatic heterocycles. The summed E-state index contributed by atoms with van der Waals surface area (Å²) in [5, 5.41) is 23.3. The number of aliphatic hydroxyl groups is 1. The number of anilines is 3. The number of ether oxygens (including phenoxy) is 3. The van der Waals surface area contributed by atoms with Crippen LogP contribution in [0.4, 0.5) is 26.8 Å². The van der Waals surface area contributed by atoms with E-state index in [0.717, 1.165) is 35.7 Å². The summed E-state index contributed by atoms with van der Waals surface area (Å²) in [5.41, 5.74) is 13.3. The quantitative estimate of drug-likeness (QED) is 0.0694. The molecule has 2 atom stereocenters. The molecule has 10 N–H and O–H groups in total. The molecule has 5 saturated heterocycles. The molecule has 25 nitrogen and oxygen atoms in total. The normalized spacial score (nSPS) is 17.7. The maximum Gasteiger partial charge on any atom is 0.410 e. The zero-order valence-corrected chi connectivity index (χ0v) is 44.2. The molecular weight excluding hydrogens is 1020 g/mol. The SMILES string of the molecule is CC(C)(C)OC(=O)N1CC(O)C1.Cc1ccc(F)nc1.Cc1ccc(OC2CN(c3nc(NC4CCNC4=O)cc(C(N)=O)n3)C2)nc1.Cc1ccc(OC2CNC2)nc1.NC(=O)c1cc(NC2CCNC2=O)nc(Cl)n1. The van der Waals surface area contributed by atoms with Gasteiger partial charge in [0.1, 0.15) is 52.9 Å². The molecule has 27 heteroatoms. The Kier molecular flexibility index (Phi) is 20.5. The smallest absolute Gasteiger partial charge is 0.410 e. The fourth-order valence-electron chi connectivity index (χ4n) is 7.01. The number of amides is 5. The van der Waals surface area contributed by atoms with E-state index < -0.39 is 23.4 Å². The molecule has 5 fully saturated rings. The van der Waals surface area contributed by atoms with Crippen LogP contribution in [0, 0.1) is 26.7 Å². The van der Waals surface area contributed by atoms with Gasteiger partial charge in [0, 0.05) is 69.0 Å². The first kappa shape index (κ1) is 58.2. The highest BCUT2D eigenvalue weighted by molar-refractivity contribution is 6.28. The van der Waals surface area contributed by atoms with Gasteiger partial charge in [0.05, 0.1) is 32.3 Å². The third kappa shape index (κ3) is 18.9. The summed E-state index contributed by atoms with van der Waals surface area (Å²) in [7, 11) is 0. The van der Waals surface area contributed by atoms with Crippen molar-refractivity contribution in [3.05, 3.63) is 106 Å². The van der Waals surface area contributed by atoms with E-state index in [9.17, 15) is 28.4 Å². The molecule has 5 aromatic rings. The molecule has 5 aliphatic rings. The predicted molar refractivity (Wildman–Crippen MR) is 281 cm³/mol. The van der Waals surface area contributed by atoms with Crippen molar-refractivity contribution in [2.24, 2.45) is 11.5 Å². The molecule has 412 valence electrons. The Balaban J connectivity index is 0.000000168. The average Bonchev–Trinajstić information content (AvgIpc) is 3.95. The van der Waals surface area contributed by atoms with Crippen LogP contribution in [0.5, 0.6) is 11.8 Å². The van der Waals surface area contributed by atoms with Crippen LogP contribution in [0.3, 0.4) is 0 Å². The van der Waals surface area contributed by atoms with Crippen LogP contribution in [-0.4, -0.2) is 163 Å². The monoisotopic (exact) mass is 1090 g/mol. The van der Waals surface area contributed by atoms with E-state index in [-0.39, 0.29) is 58.9 Å². The Morgan fingerprint density at radius 3 is 1.61 bits per heavy atom. The van der Waals surface area contributed by atoms with Crippen LogP contribution in [-0.2, 0) is 14.3 Å². The number of β-amino-alcohol motifs (C(OH)–C–C–N with tert-alkyl or cyclic N) is 1. The second kappa shape index (κ2) is 27.1. The maximum atomic E-state index is 12.0. The zero-order valence-electron chi connectivity index (χ0n) is 43.5. The summed E-state index contributed by atoms with van der Waals surface area (Å²) < 4.78 is 28.4. The van der Waals surface area contributed by atoms with E-state index in [0.29, 0.717) is 81.7 Å². The largest absolute Gasteiger partial charge is 0.472 e. The van der Waals surface area contributed by atoms with Gasteiger partial charge < -0.3 is 67.2 Å². The number of hydrogen-bond acceptors (Lipinski definition) is 20. The number of rotatable bonds is 11. The van der Waals surface area contributed by atoms with Crippen LogP contribution in [0.25, 0.3) is 0 Å². The summed E-state index contributed by atoms with van der Waals surface area (Å²) in [6.07, 6.45) is 5.93. The van der Waals surface area contributed by atoms with Crippen LogP contribution < -0.4 is 52.4 Å². The summed E-state index contributed by atoms with van der Waals surface area (Å²) >= 11 is 5.65. The third-order valence-electron chi connectivity index (χ3n) is 11.3. The van der Waals surface area contributed by atoms with Crippen LogP contribution >= 0.6 is 11.6 Å². The number of nitrogens with two attached hydrogens (primary N) is 2. The lowest BCUT2D eigenvalue weighted by molar-refractivity contribution is -0.120. The van der Waals surface area contributed by atoms with Gasteiger partial charge in [-0.3, -0.25) is 19.2 Å². The molecule has 0 radical (unpaired) electrons. The number of likely N-dealkylation sites (tertiary alicyclic amines) is 1. The molecular formula is C50H64ClFN16O9. The number of aliphatic hydroxyl groups excluding tert-OH is 1. The first-order valence-electron chi connectivity index (χ1n) is 24.6. The third-order valence-corrected chi connectivity index (χ3v) is 11.4. The highest BCUT2D eigenvalue weighted by atomic mass is 35.5. The molecule has 0 saturated carbocycles.